The van der Waals surface area contributed by atoms with Crippen LogP contribution in [0.4, 0.5) is 13.2 Å². The van der Waals surface area contributed by atoms with Crippen LogP contribution in [0, 0.1) is 23.2 Å². The normalized spacial score (nSPS) is 8.75. The van der Waals surface area contributed by atoms with E-state index in [9.17, 15) is 13.2 Å². The quantitative estimate of drug-likeness (QED) is 0.437. The van der Waals surface area contributed by atoms with Crippen molar-refractivity contribution in [1.82, 2.24) is 0 Å². The van der Waals surface area contributed by atoms with Gasteiger partial charge in [0.2, 0.25) is 0 Å². The molecule has 0 saturated heterocycles. The topological polar surface area (TPSA) is 23.8 Å². The second-order valence-corrected chi connectivity index (χ2v) is 0.860. The molecule has 0 unspecified atom stereocenters. The number of hydrogen-bond donors (Lipinski definition) is 0. The molecule has 0 bridgehead atoms. The SMILES string of the molecule is N#CC#CC(F)(F)F. The van der Waals surface area contributed by atoms with Gasteiger partial charge in [-0.25, -0.2) is 0 Å². The van der Waals surface area contributed by atoms with Gasteiger partial charge in [0, 0.05) is 11.8 Å². The first-order valence-corrected chi connectivity index (χ1v) is 1.54. The second-order valence-electron chi connectivity index (χ2n) is 0.860. The van der Waals surface area contributed by atoms with E-state index in [2.05, 4.69) is 0 Å². The summed E-state index contributed by atoms with van der Waals surface area (Å²) in [6, 6.07) is 1.04. The van der Waals surface area contributed by atoms with E-state index in [0.29, 0.717) is 0 Å². The van der Waals surface area contributed by atoms with E-state index in [0.717, 1.165) is 12.0 Å². The number of hydrogen-bond acceptors (Lipinski definition) is 1. The van der Waals surface area contributed by atoms with E-state index in [-0.39, 0.29) is 0 Å². The Morgan fingerprint density at radius 1 is 1.25 bits per heavy atom. The molecule has 0 radical (unpaired) electrons. The Kier molecular flexibility index (Phi) is 1.90. The third-order valence-electron chi connectivity index (χ3n) is 0.260. The first kappa shape index (κ1) is 6.84. The third-order valence-corrected chi connectivity index (χ3v) is 0.260. The first-order chi connectivity index (χ1) is 3.56. The summed E-state index contributed by atoms with van der Waals surface area (Å²) >= 11 is 0. The van der Waals surface area contributed by atoms with Crippen molar-refractivity contribution in [3.63, 3.8) is 0 Å². The van der Waals surface area contributed by atoms with Crippen LogP contribution < -0.4 is 0 Å². The second kappa shape index (κ2) is 2.23. The van der Waals surface area contributed by atoms with Crippen LogP contribution in [0.2, 0.25) is 0 Å². The lowest BCUT2D eigenvalue weighted by atomic mass is 10.6. The smallest absolute Gasteiger partial charge is 0.183 e. The molecule has 8 heavy (non-hydrogen) atoms. The standard InChI is InChI=1S/C4F3N/c5-4(6,7)2-1-3-8. The van der Waals surface area contributed by atoms with Gasteiger partial charge in [-0.2, -0.15) is 18.4 Å². The van der Waals surface area contributed by atoms with Crippen molar-refractivity contribution >= 4 is 0 Å². The maximum atomic E-state index is 10.9. The van der Waals surface area contributed by atoms with E-state index in [1.807, 2.05) is 0 Å². The molecule has 42 valence electrons. The van der Waals surface area contributed by atoms with Gasteiger partial charge in [0.1, 0.15) is 0 Å². The van der Waals surface area contributed by atoms with Crippen LogP contribution in [0.5, 0.6) is 0 Å². The van der Waals surface area contributed by atoms with Gasteiger partial charge in [-0.3, -0.25) is 0 Å². The van der Waals surface area contributed by atoms with Crippen molar-refractivity contribution in [2.75, 3.05) is 0 Å². The summed E-state index contributed by atoms with van der Waals surface area (Å²) in [4.78, 5) is 0. The monoisotopic (exact) mass is 119 g/mol. The predicted molar refractivity (Wildman–Crippen MR) is 19.4 cm³/mol. The molecule has 0 aromatic rings. The molecular formula is C4F3N. The molecular weight excluding hydrogens is 119 g/mol. The molecule has 0 aliphatic heterocycles. The lowest BCUT2D eigenvalue weighted by Gasteiger charge is -1.88. The molecule has 0 aromatic carbocycles. The molecule has 0 saturated carbocycles. The molecule has 0 spiro atoms. The summed E-state index contributed by atoms with van der Waals surface area (Å²) < 4.78 is 32.8. The minimum atomic E-state index is -4.53. The average molecular weight is 119 g/mol. The van der Waals surface area contributed by atoms with Crippen LogP contribution in [-0.2, 0) is 0 Å². The van der Waals surface area contributed by atoms with Crippen molar-refractivity contribution < 1.29 is 13.2 Å². The Labute approximate surface area is 43.7 Å². The highest BCUT2D eigenvalue weighted by Gasteiger charge is 2.22. The lowest BCUT2D eigenvalue weighted by molar-refractivity contribution is -0.0696. The molecule has 0 heterocycles. The zero-order valence-electron chi connectivity index (χ0n) is 3.58. The minimum absolute atomic E-state index is 0.760. The summed E-state index contributed by atoms with van der Waals surface area (Å²) in [6.45, 7) is 0. The van der Waals surface area contributed by atoms with Gasteiger partial charge in [-0.05, 0) is 0 Å². The lowest BCUT2D eigenvalue weighted by Crippen LogP contribution is -2.00. The summed E-state index contributed by atoms with van der Waals surface area (Å²) in [5.41, 5.74) is 0. The summed E-state index contributed by atoms with van der Waals surface area (Å²) in [5.74, 6) is 1.98. The molecule has 0 aromatic heterocycles. The molecule has 0 rings (SSSR count). The Hall–Kier alpha value is -1.16. The van der Waals surface area contributed by atoms with Crippen LogP contribution in [0.15, 0.2) is 0 Å². The maximum absolute atomic E-state index is 10.9. The Morgan fingerprint density at radius 3 is 1.88 bits per heavy atom. The molecule has 0 N–H and O–H groups in total. The summed E-state index contributed by atoms with van der Waals surface area (Å²) in [5, 5.41) is 7.51. The molecule has 0 amide bonds. The average Bonchev–Trinajstić information content (AvgIpc) is 1.59. The fraction of sp³-hybridized carbons (Fsp3) is 0.250. The van der Waals surface area contributed by atoms with E-state index in [1.165, 1.54) is 5.92 Å². The number of alkyl halides is 3. The summed E-state index contributed by atoms with van der Waals surface area (Å²) in [7, 11) is 0. The minimum Gasteiger partial charge on any atom is -0.183 e. The largest absolute Gasteiger partial charge is 0.458 e. The Morgan fingerprint density at radius 2 is 1.75 bits per heavy atom. The molecule has 4 heteroatoms. The van der Waals surface area contributed by atoms with E-state index in [1.54, 1.807) is 0 Å². The highest BCUT2D eigenvalue weighted by molar-refractivity contribution is 5.19. The molecule has 0 aliphatic rings. The fourth-order valence-corrected chi connectivity index (χ4v) is 0.0988. The van der Waals surface area contributed by atoms with Crippen LogP contribution in [-0.4, -0.2) is 6.18 Å². The van der Waals surface area contributed by atoms with Crippen LogP contribution >= 0.6 is 0 Å². The predicted octanol–water partition coefficient (Wildman–Crippen LogP) is 1.08. The van der Waals surface area contributed by atoms with Crippen molar-refractivity contribution in [3.8, 4) is 17.9 Å². The van der Waals surface area contributed by atoms with Crippen LogP contribution in [0.25, 0.3) is 0 Å². The zero-order chi connectivity index (χ0) is 6.62. The van der Waals surface area contributed by atoms with E-state index < -0.39 is 6.18 Å². The van der Waals surface area contributed by atoms with Gasteiger partial charge in [0.15, 0.2) is 6.07 Å². The number of halogens is 3. The van der Waals surface area contributed by atoms with Gasteiger partial charge in [-0.15, -0.1) is 0 Å². The molecule has 0 fully saturated rings. The number of nitrogens with zero attached hydrogens (tertiary/aromatic N) is 1. The number of rotatable bonds is 0. The van der Waals surface area contributed by atoms with E-state index >= 15 is 0 Å². The van der Waals surface area contributed by atoms with Gasteiger partial charge in [-0.1, -0.05) is 0 Å². The maximum Gasteiger partial charge on any atom is 0.458 e. The van der Waals surface area contributed by atoms with Gasteiger partial charge >= 0.3 is 6.18 Å². The molecule has 0 aliphatic carbocycles. The van der Waals surface area contributed by atoms with Crippen molar-refractivity contribution in [2.45, 2.75) is 6.18 Å². The fourth-order valence-electron chi connectivity index (χ4n) is 0.0988. The zero-order valence-corrected chi connectivity index (χ0v) is 3.58. The van der Waals surface area contributed by atoms with Crippen molar-refractivity contribution in [1.29, 1.82) is 5.26 Å². The highest BCUT2D eigenvalue weighted by Crippen LogP contribution is 2.11. The van der Waals surface area contributed by atoms with Crippen LogP contribution in [0.1, 0.15) is 0 Å². The van der Waals surface area contributed by atoms with Crippen molar-refractivity contribution in [3.05, 3.63) is 0 Å². The molecule has 0 atom stereocenters. The van der Waals surface area contributed by atoms with Crippen molar-refractivity contribution in [2.24, 2.45) is 0 Å². The van der Waals surface area contributed by atoms with E-state index in [4.69, 9.17) is 5.26 Å². The van der Waals surface area contributed by atoms with Gasteiger partial charge in [0.05, 0.1) is 0 Å². The summed E-state index contributed by atoms with van der Waals surface area (Å²) in [6.07, 6.45) is -4.53. The Bertz CT molecular complexity index is 162. The first-order valence-electron chi connectivity index (χ1n) is 1.54. The highest BCUT2D eigenvalue weighted by atomic mass is 19.4. The van der Waals surface area contributed by atoms with Gasteiger partial charge < -0.3 is 0 Å². The van der Waals surface area contributed by atoms with Crippen LogP contribution in [0.3, 0.4) is 0 Å². The number of nitriles is 1. The third kappa shape index (κ3) is 4.84. The Balaban J connectivity index is 3.93. The van der Waals surface area contributed by atoms with Gasteiger partial charge in [0.25, 0.3) is 0 Å². The molecule has 1 nitrogen and oxygen atoms in total.